The molecule has 438 valence electrons. The van der Waals surface area contributed by atoms with E-state index in [1.54, 1.807) is 6.08 Å². The third-order valence-corrected chi connectivity index (χ3v) is 15.7. The number of amides is 1. The highest BCUT2D eigenvalue weighted by Crippen LogP contribution is 2.18. The van der Waals surface area contributed by atoms with Crippen molar-refractivity contribution in [2.24, 2.45) is 0 Å². The van der Waals surface area contributed by atoms with E-state index in [-0.39, 0.29) is 18.5 Å². The molecule has 6 nitrogen and oxygen atoms in total. The molecule has 0 aromatic rings. The Kier molecular flexibility index (Phi) is 62.4. The fourth-order valence-corrected chi connectivity index (χ4v) is 10.6. The Morgan fingerprint density at radius 1 is 0.365 bits per heavy atom. The lowest BCUT2D eigenvalue weighted by atomic mass is 10.0. The quantitative estimate of drug-likeness (QED) is 0.0320. The minimum Gasteiger partial charge on any atom is -0.466 e. The lowest BCUT2D eigenvalue weighted by molar-refractivity contribution is -0.143. The van der Waals surface area contributed by atoms with Gasteiger partial charge in [0.1, 0.15) is 0 Å². The van der Waals surface area contributed by atoms with Gasteiger partial charge in [-0.25, -0.2) is 0 Å². The van der Waals surface area contributed by atoms with E-state index >= 15 is 0 Å². The number of unbranched alkanes of at least 4 members (excludes halogenated alkanes) is 50. The summed E-state index contributed by atoms with van der Waals surface area (Å²) in [6, 6.07) is -0.627. The Morgan fingerprint density at radius 3 is 0.959 bits per heavy atom. The van der Waals surface area contributed by atoms with Crippen LogP contribution in [0.2, 0.25) is 0 Å². The van der Waals surface area contributed by atoms with Crippen molar-refractivity contribution in [1.82, 2.24) is 5.32 Å². The van der Waals surface area contributed by atoms with E-state index in [0.29, 0.717) is 19.4 Å². The molecule has 0 rings (SSSR count). The monoisotopic (exact) mass is 1040 g/mol. The Bertz CT molecular complexity index is 1150. The summed E-state index contributed by atoms with van der Waals surface area (Å²) in [4.78, 5) is 24.6. The molecule has 3 N–H and O–H groups in total. The Balaban J connectivity index is 3.37. The summed E-state index contributed by atoms with van der Waals surface area (Å²) < 4.78 is 5.50. The summed E-state index contributed by atoms with van der Waals surface area (Å²) >= 11 is 0. The van der Waals surface area contributed by atoms with Crippen molar-refractivity contribution in [2.75, 3.05) is 13.2 Å². The molecule has 2 atom stereocenters. The second kappa shape index (κ2) is 63.9. The first-order valence-corrected chi connectivity index (χ1v) is 33.6. The fourth-order valence-electron chi connectivity index (χ4n) is 10.6. The van der Waals surface area contributed by atoms with Gasteiger partial charge in [0.15, 0.2) is 0 Å². The molecule has 0 heterocycles. The van der Waals surface area contributed by atoms with Crippen molar-refractivity contribution in [3.8, 4) is 0 Å². The van der Waals surface area contributed by atoms with Crippen molar-refractivity contribution in [2.45, 2.75) is 386 Å². The van der Waals surface area contributed by atoms with Crippen molar-refractivity contribution in [3.63, 3.8) is 0 Å². The average Bonchev–Trinajstić information content (AvgIpc) is 3.40. The van der Waals surface area contributed by atoms with Crippen LogP contribution in [0.5, 0.6) is 0 Å². The van der Waals surface area contributed by atoms with Gasteiger partial charge in [-0.3, -0.25) is 9.59 Å². The van der Waals surface area contributed by atoms with Crippen LogP contribution in [0.15, 0.2) is 24.3 Å². The van der Waals surface area contributed by atoms with E-state index in [0.717, 1.165) is 44.9 Å². The van der Waals surface area contributed by atoms with Gasteiger partial charge in [-0.1, -0.05) is 327 Å². The number of esters is 1. The predicted octanol–water partition coefficient (Wildman–Crippen LogP) is 21.4. The zero-order chi connectivity index (χ0) is 53.6. The molecule has 74 heavy (non-hydrogen) atoms. The minimum absolute atomic E-state index is 0.0122. The molecule has 0 spiro atoms. The van der Waals surface area contributed by atoms with Crippen LogP contribution in [0.3, 0.4) is 0 Å². The molecule has 0 aliphatic rings. The average molecular weight is 1040 g/mol. The number of allylic oxidation sites excluding steroid dienone is 3. The maximum Gasteiger partial charge on any atom is 0.305 e. The van der Waals surface area contributed by atoms with Crippen LogP contribution in [-0.4, -0.2) is 47.4 Å². The Hall–Kier alpha value is -1.66. The summed E-state index contributed by atoms with van der Waals surface area (Å²) in [5.74, 6) is -0.0521. The van der Waals surface area contributed by atoms with E-state index in [1.807, 2.05) is 6.08 Å². The largest absolute Gasteiger partial charge is 0.466 e. The predicted molar refractivity (Wildman–Crippen MR) is 324 cm³/mol. The van der Waals surface area contributed by atoms with E-state index in [1.165, 1.54) is 302 Å². The Morgan fingerprint density at radius 2 is 0.635 bits per heavy atom. The third-order valence-electron chi connectivity index (χ3n) is 15.7. The standard InChI is InChI=1S/C68H131NO5/c1-3-5-7-9-11-13-15-17-19-29-34-38-42-46-50-54-58-62-68(73)74-63-59-55-51-47-43-39-35-31-28-26-24-22-21-23-25-27-30-33-37-41-45-49-53-57-61-67(72)69-65(64-70)66(71)60-56-52-48-44-40-36-32-20-18-16-14-12-10-8-6-4-2/h17,19,56,60,65-66,70-71H,3-16,18,20-55,57-59,61-64H2,1-2H3,(H,69,72)/b19-17-,60-56+. The first-order chi connectivity index (χ1) is 36.5. The number of ether oxygens (including phenoxy) is 1. The lowest BCUT2D eigenvalue weighted by Crippen LogP contribution is -2.45. The van der Waals surface area contributed by atoms with Gasteiger partial charge >= 0.3 is 5.97 Å². The zero-order valence-electron chi connectivity index (χ0n) is 50.1. The second-order valence-corrected chi connectivity index (χ2v) is 23.2. The maximum atomic E-state index is 12.5. The van der Waals surface area contributed by atoms with E-state index in [4.69, 9.17) is 4.74 Å². The van der Waals surface area contributed by atoms with Crippen molar-refractivity contribution in [3.05, 3.63) is 24.3 Å². The molecule has 0 aliphatic heterocycles. The number of hydrogen-bond acceptors (Lipinski definition) is 5. The van der Waals surface area contributed by atoms with Gasteiger partial charge in [-0.15, -0.1) is 0 Å². The normalized spacial score (nSPS) is 12.6. The lowest BCUT2D eigenvalue weighted by Gasteiger charge is -2.20. The molecule has 0 saturated heterocycles. The maximum absolute atomic E-state index is 12.5. The molecule has 6 heteroatoms. The molecule has 0 aliphatic carbocycles. The van der Waals surface area contributed by atoms with Gasteiger partial charge in [-0.2, -0.15) is 0 Å². The van der Waals surface area contributed by atoms with Gasteiger partial charge < -0.3 is 20.3 Å². The smallest absolute Gasteiger partial charge is 0.305 e. The highest BCUT2D eigenvalue weighted by molar-refractivity contribution is 5.76. The van der Waals surface area contributed by atoms with Crippen molar-refractivity contribution < 1.29 is 24.5 Å². The van der Waals surface area contributed by atoms with Crippen LogP contribution < -0.4 is 5.32 Å². The molecule has 0 radical (unpaired) electrons. The van der Waals surface area contributed by atoms with E-state index in [9.17, 15) is 19.8 Å². The summed E-state index contributed by atoms with van der Waals surface area (Å²) in [5, 5.41) is 23.2. The SMILES string of the molecule is CCCCCCCC/C=C\CCCCCCCCCC(=O)OCCCCCCCCCCCCCCCCCCCCCCCCCCC(=O)NC(CO)C(O)/C=C/CCCCCCCCCCCCCCCC. The molecule has 2 unspecified atom stereocenters. The number of nitrogens with one attached hydrogen (secondary N) is 1. The molecule has 0 aromatic heterocycles. The number of aliphatic hydroxyl groups excluding tert-OH is 2. The first kappa shape index (κ1) is 72.3. The van der Waals surface area contributed by atoms with Gasteiger partial charge in [-0.05, 0) is 57.8 Å². The summed E-state index contributed by atoms with van der Waals surface area (Å²) in [6.07, 6.45) is 79.5. The Labute approximate surface area is 462 Å². The summed E-state index contributed by atoms with van der Waals surface area (Å²) in [5.41, 5.74) is 0. The summed E-state index contributed by atoms with van der Waals surface area (Å²) in [6.45, 7) is 4.93. The number of carbonyl (C=O) groups is 2. The molecule has 1 amide bonds. The topological polar surface area (TPSA) is 95.9 Å². The van der Waals surface area contributed by atoms with Crippen molar-refractivity contribution >= 4 is 11.9 Å². The molecule has 0 saturated carbocycles. The molecule has 0 fully saturated rings. The van der Waals surface area contributed by atoms with E-state index in [2.05, 4.69) is 31.3 Å². The van der Waals surface area contributed by atoms with Crippen LogP contribution >= 0.6 is 0 Å². The number of aliphatic hydroxyl groups is 2. The van der Waals surface area contributed by atoms with Crippen LogP contribution in [0, 0.1) is 0 Å². The molecule has 0 aromatic carbocycles. The molecule has 0 bridgehead atoms. The van der Waals surface area contributed by atoms with Crippen LogP contribution in [0.25, 0.3) is 0 Å². The first-order valence-electron chi connectivity index (χ1n) is 33.6. The fraction of sp³-hybridized carbons (Fsp3) is 0.912. The molecular formula is C68H131NO5. The zero-order valence-corrected chi connectivity index (χ0v) is 50.1. The van der Waals surface area contributed by atoms with Gasteiger partial charge in [0.05, 0.1) is 25.4 Å². The van der Waals surface area contributed by atoms with Gasteiger partial charge in [0, 0.05) is 12.8 Å². The van der Waals surface area contributed by atoms with E-state index < -0.39 is 12.1 Å². The van der Waals surface area contributed by atoms with Crippen molar-refractivity contribution in [1.29, 1.82) is 0 Å². The highest BCUT2D eigenvalue weighted by atomic mass is 16.5. The van der Waals surface area contributed by atoms with Crippen LogP contribution in [-0.2, 0) is 14.3 Å². The number of carbonyl (C=O) groups excluding carboxylic acids is 2. The van der Waals surface area contributed by atoms with Crippen LogP contribution in [0.1, 0.15) is 373 Å². The highest BCUT2D eigenvalue weighted by Gasteiger charge is 2.18. The van der Waals surface area contributed by atoms with Gasteiger partial charge in [0.25, 0.3) is 0 Å². The second-order valence-electron chi connectivity index (χ2n) is 23.2. The molecular weight excluding hydrogens is 911 g/mol. The number of hydrogen-bond donors (Lipinski definition) is 3. The van der Waals surface area contributed by atoms with Gasteiger partial charge in [0.2, 0.25) is 5.91 Å². The van der Waals surface area contributed by atoms with Crippen LogP contribution in [0.4, 0.5) is 0 Å². The minimum atomic E-state index is -0.843. The summed E-state index contributed by atoms with van der Waals surface area (Å²) in [7, 11) is 0. The number of rotatable bonds is 63. The third kappa shape index (κ3) is 59.6.